The van der Waals surface area contributed by atoms with E-state index in [1.807, 2.05) is 13.0 Å². The van der Waals surface area contributed by atoms with Gasteiger partial charge in [0.05, 0.1) is 12.8 Å². The number of nitrogens with zero attached hydrogens (tertiary/aromatic N) is 2. The van der Waals surface area contributed by atoms with Gasteiger partial charge >= 0.3 is 12.1 Å². The van der Waals surface area contributed by atoms with Gasteiger partial charge in [0.15, 0.2) is 0 Å². The molecule has 0 fully saturated rings. The molecule has 1 heterocycles. The van der Waals surface area contributed by atoms with Crippen LogP contribution < -0.4 is 5.32 Å². The zero-order valence-electron chi connectivity index (χ0n) is 13.4. The molecule has 7 heteroatoms. The first-order valence-corrected chi connectivity index (χ1v) is 6.69. The third-order valence-corrected chi connectivity index (χ3v) is 2.69. The third kappa shape index (κ3) is 5.45. The fraction of sp³-hybridized carbons (Fsp3) is 0.643. The van der Waals surface area contributed by atoms with Crippen LogP contribution in [0.15, 0.2) is 6.07 Å². The van der Waals surface area contributed by atoms with E-state index in [9.17, 15) is 9.59 Å². The average molecular weight is 297 g/mol. The van der Waals surface area contributed by atoms with Gasteiger partial charge in [0.2, 0.25) is 0 Å². The Bertz CT molecular complexity index is 517. The lowest BCUT2D eigenvalue weighted by Gasteiger charge is -2.22. The number of hydrogen-bond donors (Lipinski definition) is 1. The summed E-state index contributed by atoms with van der Waals surface area (Å²) < 4.78 is 11.5. The Kier molecular flexibility index (Phi) is 5.34. The summed E-state index contributed by atoms with van der Waals surface area (Å²) in [5, 5.41) is 6.74. The number of esters is 1. The van der Waals surface area contributed by atoms with Crippen LogP contribution in [0, 0.1) is 6.92 Å². The van der Waals surface area contributed by atoms with Gasteiger partial charge in [-0.3, -0.25) is 4.68 Å². The lowest BCUT2D eigenvalue weighted by Crippen LogP contribution is -2.45. The van der Waals surface area contributed by atoms with Crippen molar-refractivity contribution in [2.75, 3.05) is 7.11 Å². The SMILES string of the molecule is COC(=O)C(Cc1cc(C)nn1C)NC(=O)OC(C)(C)C. The molecule has 1 aromatic heterocycles. The number of rotatable bonds is 4. The molecule has 7 nitrogen and oxygen atoms in total. The Morgan fingerprint density at radius 2 is 2.05 bits per heavy atom. The molecule has 0 aromatic carbocycles. The summed E-state index contributed by atoms with van der Waals surface area (Å²) >= 11 is 0. The first-order valence-electron chi connectivity index (χ1n) is 6.69. The van der Waals surface area contributed by atoms with Crippen LogP contribution in [0.5, 0.6) is 0 Å². The van der Waals surface area contributed by atoms with Gasteiger partial charge < -0.3 is 14.8 Å². The fourth-order valence-corrected chi connectivity index (χ4v) is 1.85. The summed E-state index contributed by atoms with van der Waals surface area (Å²) in [5.74, 6) is -0.528. The first kappa shape index (κ1) is 17.0. The number of alkyl carbamates (subject to hydrolysis) is 1. The number of hydrogen-bond acceptors (Lipinski definition) is 5. The van der Waals surface area contributed by atoms with Crippen molar-refractivity contribution in [1.82, 2.24) is 15.1 Å². The maximum Gasteiger partial charge on any atom is 0.408 e. The number of methoxy groups -OCH3 is 1. The van der Waals surface area contributed by atoms with Gasteiger partial charge in [0.1, 0.15) is 11.6 Å². The van der Waals surface area contributed by atoms with Crippen LogP contribution in [0.25, 0.3) is 0 Å². The largest absolute Gasteiger partial charge is 0.467 e. The zero-order valence-corrected chi connectivity index (χ0v) is 13.4. The van der Waals surface area contributed by atoms with Crippen molar-refractivity contribution in [2.45, 2.75) is 45.8 Å². The predicted octanol–water partition coefficient (Wildman–Crippen LogP) is 1.34. The average Bonchev–Trinajstić information content (AvgIpc) is 2.63. The van der Waals surface area contributed by atoms with Gasteiger partial charge in [-0.2, -0.15) is 5.10 Å². The number of carbonyl (C=O) groups is 2. The van der Waals surface area contributed by atoms with E-state index in [2.05, 4.69) is 10.4 Å². The minimum absolute atomic E-state index is 0.281. The van der Waals surface area contributed by atoms with Crippen LogP contribution in [-0.4, -0.2) is 40.6 Å². The van der Waals surface area contributed by atoms with Gasteiger partial charge in [-0.1, -0.05) is 0 Å². The summed E-state index contributed by atoms with van der Waals surface area (Å²) in [6.45, 7) is 7.12. The van der Waals surface area contributed by atoms with E-state index in [4.69, 9.17) is 9.47 Å². The van der Waals surface area contributed by atoms with Gasteiger partial charge in [0.25, 0.3) is 0 Å². The Morgan fingerprint density at radius 1 is 1.43 bits per heavy atom. The molecule has 0 radical (unpaired) electrons. The van der Waals surface area contributed by atoms with E-state index in [-0.39, 0.29) is 6.42 Å². The fourth-order valence-electron chi connectivity index (χ4n) is 1.85. The topological polar surface area (TPSA) is 82.5 Å². The standard InChI is InChI=1S/C14H23N3O4/c1-9-7-10(17(5)16-9)8-11(12(18)20-6)15-13(19)21-14(2,3)4/h7,11H,8H2,1-6H3,(H,15,19). The van der Waals surface area contributed by atoms with Crippen LogP contribution in [0.2, 0.25) is 0 Å². The summed E-state index contributed by atoms with van der Waals surface area (Å²) in [4.78, 5) is 23.6. The molecule has 0 aliphatic carbocycles. The van der Waals surface area contributed by atoms with Crippen LogP contribution in [0.3, 0.4) is 0 Å². The third-order valence-electron chi connectivity index (χ3n) is 2.69. The maximum atomic E-state index is 11.8. The van der Waals surface area contributed by atoms with Crippen LogP contribution in [-0.2, 0) is 27.7 Å². The lowest BCUT2D eigenvalue weighted by molar-refractivity contribution is -0.143. The monoisotopic (exact) mass is 297 g/mol. The highest BCUT2D eigenvalue weighted by Gasteiger charge is 2.26. The number of amides is 1. The molecule has 0 aliphatic heterocycles. The Morgan fingerprint density at radius 3 is 2.48 bits per heavy atom. The minimum Gasteiger partial charge on any atom is -0.467 e. The number of carbonyl (C=O) groups excluding carboxylic acids is 2. The van der Waals surface area contributed by atoms with Gasteiger partial charge in [-0.05, 0) is 33.8 Å². The van der Waals surface area contributed by atoms with Crippen molar-refractivity contribution >= 4 is 12.1 Å². The molecule has 1 N–H and O–H groups in total. The van der Waals surface area contributed by atoms with E-state index in [0.29, 0.717) is 0 Å². The Hall–Kier alpha value is -2.05. The van der Waals surface area contributed by atoms with Gasteiger partial charge in [-0.15, -0.1) is 0 Å². The molecule has 1 aromatic rings. The predicted molar refractivity (Wildman–Crippen MR) is 76.8 cm³/mol. The molecular formula is C14H23N3O4. The molecule has 0 bridgehead atoms. The smallest absolute Gasteiger partial charge is 0.408 e. The number of ether oxygens (including phenoxy) is 2. The minimum atomic E-state index is -0.820. The molecule has 0 saturated carbocycles. The highest BCUT2D eigenvalue weighted by molar-refractivity contribution is 5.81. The molecule has 1 rings (SSSR count). The van der Waals surface area contributed by atoms with E-state index in [1.54, 1.807) is 32.5 Å². The molecule has 1 atom stereocenters. The first-order chi connectivity index (χ1) is 9.62. The molecule has 118 valence electrons. The molecule has 0 aliphatic rings. The summed E-state index contributed by atoms with van der Waals surface area (Å²) in [7, 11) is 3.06. The normalized spacial score (nSPS) is 12.7. The van der Waals surface area contributed by atoms with Crippen LogP contribution in [0.1, 0.15) is 32.2 Å². The van der Waals surface area contributed by atoms with E-state index >= 15 is 0 Å². The van der Waals surface area contributed by atoms with Crippen molar-refractivity contribution in [3.63, 3.8) is 0 Å². The van der Waals surface area contributed by atoms with Gasteiger partial charge in [-0.25, -0.2) is 9.59 Å². The molecule has 1 amide bonds. The van der Waals surface area contributed by atoms with Crippen LogP contribution >= 0.6 is 0 Å². The van der Waals surface area contributed by atoms with E-state index in [1.165, 1.54) is 7.11 Å². The number of aromatic nitrogens is 2. The summed E-state index contributed by atoms with van der Waals surface area (Å²) in [5.41, 5.74) is 1.03. The molecule has 21 heavy (non-hydrogen) atoms. The van der Waals surface area contributed by atoms with Crippen molar-refractivity contribution in [2.24, 2.45) is 7.05 Å². The van der Waals surface area contributed by atoms with Crippen molar-refractivity contribution < 1.29 is 19.1 Å². The second kappa shape index (κ2) is 6.60. The number of aryl methyl sites for hydroxylation is 2. The Balaban J connectivity index is 2.79. The zero-order chi connectivity index (χ0) is 16.2. The molecule has 0 spiro atoms. The summed E-state index contributed by atoms with van der Waals surface area (Å²) in [6.07, 6.45) is -0.375. The quantitative estimate of drug-likeness (QED) is 0.848. The highest BCUT2D eigenvalue weighted by atomic mass is 16.6. The maximum absolute atomic E-state index is 11.8. The lowest BCUT2D eigenvalue weighted by atomic mass is 10.1. The van der Waals surface area contributed by atoms with Crippen LogP contribution in [0.4, 0.5) is 4.79 Å². The number of nitrogens with one attached hydrogen (secondary N) is 1. The second-order valence-corrected chi connectivity index (χ2v) is 5.83. The van der Waals surface area contributed by atoms with E-state index < -0.39 is 23.7 Å². The second-order valence-electron chi connectivity index (χ2n) is 5.83. The van der Waals surface area contributed by atoms with Crippen molar-refractivity contribution in [3.8, 4) is 0 Å². The van der Waals surface area contributed by atoms with Crippen molar-refractivity contribution in [3.05, 3.63) is 17.5 Å². The molecular weight excluding hydrogens is 274 g/mol. The van der Waals surface area contributed by atoms with Gasteiger partial charge in [0, 0.05) is 19.2 Å². The van der Waals surface area contributed by atoms with E-state index in [0.717, 1.165) is 11.4 Å². The highest BCUT2D eigenvalue weighted by Crippen LogP contribution is 2.09. The molecule has 1 unspecified atom stereocenters. The molecule has 0 saturated heterocycles. The Labute approximate surface area is 124 Å². The summed E-state index contributed by atoms with van der Waals surface area (Å²) in [6, 6.07) is 1.03. The van der Waals surface area contributed by atoms with Crippen molar-refractivity contribution in [1.29, 1.82) is 0 Å².